The van der Waals surface area contributed by atoms with E-state index in [-0.39, 0.29) is 5.56 Å². The molecule has 0 unspecified atom stereocenters. The van der Waals surface area contributed by atoms with Crippen molar-refractivity contribution in [3.05, 3.63) is 33.8 Å². The summed E-state index contributed by atoms with van der Waals surface area (Å²) in [6.45, 7) is 1.93. The van der Waals surface area contributed by atoms with E-state index in [1.54, 1.807) is 0 Å². The lowest BCUT2D eigenvalue weighted by Gasteiger charge is -2.12. The van der Waals surface area contributed by atoms with Gasteiger partial charge in [0.15, 0.2) is 0 Å². The topological polar surface area (TPSA) is 26.0 Å². The van der Waals surface area contributed by atoms with Gasteiger partial charge >= 0.3 is 0 Å². The Hall–Kier alpha value is -0.480. The summed E-state index contributed by atoms with van der Waals surface area (Å²) in [5.41, 5.74) is 5.64. The highest BCUT2D eigenvalue weighted by Gasteiger charge is 2.16. The Balaban J connectivity index is 3.07. The molecule has 0 bridgehead atoms. The van der Waals surface area contributed by atoms with Gasteiger partial charge in [-0.15, -0.1) is 0 Å². The molecule has 0 aromatic heterocycles. The van der Waals surface area contributed by atoms with Crippen LogP contribution in [0.15, 0.2) is 16.6 Å². The molecule has 0 amide bonds. The van der Waals surface area contributed by atoms with Crippen LogP contribution in [0.3, 0.4) is 0 Å². The zero-order chi connectivity index (χ0) is 10.7. The van der Waals surface area contributed by atoms with E-state index < -0.39 is 17.7 Å². The molecular weight excluding hydrogens is 252 g/mol. The van der Waals surface area contributed by atoms with E-state index in [0.29, 0.717) is 10.9 Å². The van der Waals surface area contributed by atoms with Crippen LogP contribution in [-0.4, -0.2) is 0 Å². The minimum absolute atomic E-state index is 0.0185. The molecule has 0 radical (unpaired) electrons. The standard InChI is InChI=1S/C10H12BrF2N/c1-2-3-9(14)10-7(12)4-6(11)5-8(10)13/h4-5,9H,2-3,14H2,1H3/t9-/m0/s1. The van der Waals surface area contributed by atoms with Gasteiger partial charge in [0, 0.05) is 16.1 Å². The van der Waals surface area contributed by atoms with Crippen LogP contribution in [0.5, 0.6) is 0 Å². The molecule has 0 heterocycles. The highest BCUT2D eigenvalue weighted by atomic mass is 79.9. The Labute approximate surface area is 90.4 Å². The van der Waals surface area contributed by atoms with E-state index in [1.807, 2.05) is 6.92 Å². The number of hydrogen-bond acceptors (Lipinski definition) is 1. The number of benzene rings is 1. The van der Waals surface area contributed by atoms with Crippen molar-refractivity contribution in [3.8, 4) is 0 Å². The van der Waals surface area contributed by atoms with E-state index in [9.17, 15) is 8.78 Å². The van der Waals surface area contributed by atoms with E-state index in [4.69, 9.17) is 5.73 Å². The summed E-state index contributed by atoms with van der Waals surface area (Å²) >= 11 is 3.01. The third kappa shape index (κ3) is 2.51. The number of halogens is 3. The summed E-state index contributed by atoms with van der Waals surface area (Å²) in [6, 6.07) is 1.90. The molecule has 1 aromatic rings. The average Bonchev–Trinajstić information content (AvgIpc) is 2.01. The van der Waals surface area contributed by atoms with Crippen LogP contribution in [0.1, 0.15) is 31.4 Å². The predicted molar refractivity (Wildman–Crippen MR) is 55.9 cm³/mol. The van der Waals surface area contributed by atoms with E-state index >= 15 is 0 Å². The van der Waals surface area contributed by atoms with Crippen LogP contribution in [0.4, 0.5) is 8.78 Å². The molecule has 14 heavy (non-hydrogen) atoms. The van der Waals surface area contributed by atoms with Crippen LogP contribution < -0.4 is 5.73 Å². The van der Waals surface area contributed by atoms with Gasteiger partial charge in [0.25, 0.3) is 0 Å². The maximum atomic E-state index is 13.3. The van der Waals surface area contributed by atoms with Gasteiger partial charge in [-0.2, -0.15) is 0 Å². The molecule has 2 N–H and O–H groups in total. The second-order valence-electron chi connectivity index (χ2n) is 3.18. The molecule has 1 rings (SSSR count). The molecule has 0 spiro atoms. The second kappa shape index (κ2) is 4.84. The summed E-state index contributed by atoms with van der Waals surface area (Å²) < 4.78 is 27.1. The minimum Gasteiger partial charge on any atom is -0.324 e. The Bertz CT molecular complexity index is 305. The molecule has 0 aliphatic rings. The maximum absolute atomic E-state index is 13.3. The molecule has 1 aromatic carbocycles. The van der Waals surface area contributed by atoms with Crippen LogP contribution in [0.25, 0.3) is 0 Å². The first kappa shape index (κ1) is 11.6. The lowest BCUT2D eigenvalue weighted by atomic mass is 10.0. The molecule has 4 heteroatoms. The highest BCUT2D eigenvalue weighted by molar-refractivity contribution is 9.10. The number of nitrogens with two attached hydrogens (primary N) is 1. The fraction of sp³-hybridized carbons (Fsp3) is 0.400. The quantitative estimate of drug-likeness (QED) is 0.887. The van der Waals surface area contributed by atoms with Gasteiger partial charge in [-0.1, -0.05) is 29.3 Å². The zero-order valence-electron chi connectivity index (χ0n) is 7.86. The average molecular weight is 264 g/mol. The van der Waals surface area contributed by atoms with Crippen LogP contribution >= 0.6 is 15.9 Å². The van der Waals surface area contributed by atoms with Gasteiger partial charge in [-0.05, 0) is 18.6 Å². The van der Waals surface area contributed by atoms with Gasteiger partial charge in [0.05, 0.1) is 0 Å². The molecule has 0 fully saturated rings. The van der Waals surface area contributed by atoms with Crippen molar-refractivity contribution in [1.29, 1.82) is 0 Å². The van der Waals surface area contributed by atoms with E-state index in [2.05, 4.69) is 15.9 Å². The fourth-order valence-electron chi connectivity index (χ4n) is 1.36. The van der Waals surface area contributed by atoms with Gasteiger partial charge in [0.1, 0.15) is 11.6 Å². The first-order valence-corrected chi connectivity index (χ1v) is 5.25. The third-order valence-electron chi connectivity index (χ3n) is 2.01. The first-order valence-electron chi connectivity index (χ1n) is 4.46. The van der Waals surface area contributed by atoms with Crippen molar-refractivity contribution in [1.82, 2.24) is 0 Å². The van der Waals surface area contributed by atoms with Gasteiger partial charge in [0.2, 0.25) is 0 Å². The van der Waals surface area contributed by atoms with Crippen molar-refractivity contribution < 1.29 is 8.78 Å². The van der Waals surface area contributed by atoms with E-state index in [1.165, 1.54) is 12.1 Å². The van der Waals surface area contributed by atoms with Crippen molar-refractivity contribution in [2.45, 2.75) is 25.8 Å². The highest BCUT2D eigenvalue weighted by Crippen LogP contribution is 2.25. The largest absolute Gasteiger partial charge is 0.324 e. The Morgan fingerprint density at radius 3 is 2.29 bits per heavy atom. The van der Waals surface area contributed by atoms with Crippen molar-refractivity contribution in [2.24, 2.45) is 5.73 Å². The normalized spacial score (nSPS) is 12.9. The SMILES string of the molecule is CCC[C@H](N)c1c(F)cc(Br)cc1F. The lowest BCUT2D eigenvalue weighted by Crippen LogP contribution is -2.13. The van der Waals surface area contributed by atoms with Gasteiger partial charge < -0.3 is 5.73 Å². The Kier molecular flexibility index (Phi) is 4.01. The number of rotatable bonds is 3. The molecule has 78 valence electrons. The smallest absolute Gasteiger partial charge is 0.132 e. The van der Waals surface area contributed by atoms with Crippen molar-refractivity contribution in [3.63, 3.8) is 0 Å². The summed E-state index contributed by atoms with van der Waals surface area (Å²) in [4.78, 5) is 0. The summed E-state index contributed by atoms with van der Waals surface area (Å²) in [5, 5.41) is 0. The maximum Gasteiger partial charge on any atom is 0.132 e. The van der Waals surface area contributed by atoms with Crippen molar-refractivity contribution in [2.75, 3.05) is 0 Å². The minimum atomic E-state index is -0.585. The van der Waals surface area contributed by atoms with E-state index in [0.717, 1.165) is 6.42 Å². The second-order valence-corrected chi connectivity index (χ2v) is 4.09. The summed E-state index contributed by atoms with van der Waals surface area (Å²) in [5.74, 6) is -1.17. The Morgan fingerprint density at radius 1 is 1.36 bits per heavy atom. The van der Waals surface area contributed by atoms with Crippen LogP contribution in [0, 0.1) is 11.6 Å². The van der Waals surface area contributed by atoms with Gasteiger partial charge in [-0.25, -0.2) is 8.78 Å². The van der Waals surface area contributed by atoms with Crippen molar-refractivity contribution >= 4 is 15.9 Å². The predicted octanol–water partition coefficient (Wildman–Crippen LogP) is 3.53. The summed E-state index contributed by atoms with van der Waals surface area (Å²) in [7, 11) is 0. The fourth-order valence-corrected chi connectivity index (χ4v) is 1.76. The first-order chi connectivity index (χ1) is 6.56. The van der Waals surface area contributed by atoms with Gasteiger partial charge in [-0.3, -0.25) is 0 Å². The monoisotopic (exact) mass is 263 g/mol. The van der Waals surface area contributed by atoms with Crippen LogP contribution in [-0.2, 0) is 0 Å². The molecule has 0 aliphatic carbocycles. The molecule has 1 atom stereocenters. The molecule has 1 nitrogen and oxygen atoms in total. The number of hydrogen-bond donors (Lipinski definition) is 1. The molecular formula is C10H12BrF2N. The Morgan fingerprint density at radius 2 is 1.86 bits per heavy atom. The lowest BCUT2D eigenvalue weighted by molar-refractivity contribution is 0.509. The van der Waals surface area contributed by atoms with Crippen LogP contribution in [0.2, 0.25) is 0 Å². The molecule has 0 saturated heterocycles. The molecule has 0 aliphatic heterocycles. The zero-order valence-corrected chi connectivity index (χ0v) is 9.44. The summed E-state index contributed by atoms with van der Waals surface area (Å²) in [6.07, 6.45) is 1.38. The third-order valence-corrected chi connectivity index (χ3v) is 2.47. The molecule has 0 saturated carbocycles.